The van der Waals surface area contributed by atoms with Gasteiger partial charge in [-0.05, 0) is 11.4 Å². The van der Waals surface area contributed by atoms with E-state index in [1.165, 1.54) is 11.3 Å². The molecule has 0 saturated carbocycles. The number of β-lactam (4-membered cyclic amide) rings is 1. The number of nitrogens with one attached hydrogen (secondary N) is 1. The van der Waals surface area contributed by atoms with E-state index in [4.69, 9.17) is 14.1 Å². The van der Waals surface area contributed by atoms with Crippen molar-refractivity contribution < 1.29 is 32.1 Å². The van der Waals surface area contributed by atoms with E-state index < -0.39 is 28.2 Å². The van der Waals surface area contributed by atoms with Gasteiger partial charge >= 0.3 is 10.3 Å². The molecule has 1 aromatic rings. The first-order valence-electron chi connectivity index (χ1n) is 8.97. The van der Waals surface area contributed by atoms with Crippen LogP contribution in [0, 0.1) is 0 Å². The minimum Gasteiger partial charge on any atom is -0.387 e. The molecule has 1 aromatic heterocycles. The van der Waals surface area contributed by atoms with Crippen LogP contribution < -0.4 is 5.32 Å². The number of thiophene rings is 1. The van der Waals surface area contributed by atoms with E-state index in [2.05, 4.69) is 15.4 Å². The summed E-state index contributed by atoms with van der Waals surface area (Å²) in [5.74, 6) is -1.60. The summed E-state index contributed by atoms with van der Waals surface area (Å²) in [6.07, 6.45) is 1.27. The molecule has 2 saturated heterocycles. The first kappa shape index (κ1) is 21.6. The number of carbonyl (C=O) groups is 2. The molecule has 0 bridgehead atoms. The largest absolute Gasteiger partial charge is 0.387 e. The van der Waals surface area contributed by atoms with Gasteiger partial charge in [-0.1, -0.05) is 11.2 Å². The monoisotopic (exact) mass is 446 g/mol. The van der Waals surface area contributed by atoms with Crippen molar-refractivity contribution in [2.45, 2.75) is 18.6 Å². The number of oxime groups is 1. The van der Waals surface area contributed by atoms with Crippen molar-refractivity contribution in [2.24, 2.45) is 5.16 Å². The molecule has 3 rings (SSSR count). The van der Waals surface area contributed by atoms with Gasteiger partial charge < -0.3 is 14.9 Å². The maximum Gasteiger partial charge on any atom is 0.362 e. The van der Waals surface area contributed by atoms with Crippen LogP contribution in [0.2, 0.25) is 0 Å². The SMILES string of the molecule is O=C(/C=N/OC(CCN1CCOCC1)c1cccs1)NC1CN(S(=O)(=O)O)C1=O. The first-order valence-corrected chi connectivity index (χ1v) is 11.2. The molecule has 160 valence electrons. The number of ether oxygens (including phenoxy) is 1. The average Bonchev–Trinajstić information content (AvgIpc) is 3.21. The van der Waals surface area contributed by atoms with Gasteiger partial charge in [0.2, 0.25) is 0 Å². The van der Waals surface area contributed by atoms with Gasteiger partial charge in [0, 0.05) is 30.9 Å². The molecular weight excluding hydrogens is 424 g/mol. The fourth-order valence-corrected chi connectivity index (χ4v) is 4.39. The second kappa shape index (κ2) is 9.63. The summed E-state index contributed by atoms with van der Waals surface area (Å²) in [6.45, 7) is 3.61. The van der Waals surface area contributed by atoms with Crippen LogP contribution in [0.15, 0.2) is 22.7 Å². The fourth-order valence-electron chi connectivity index (χ4n) is 2.92. The quantitative estimate of drug-likeness (QED) is 0.227. The van der Waals surface area contributed by atoms with Gasteiger partial charge in [-0.3, -0.25) is 19.0 Å². The molecule has 2 N–H and O–H groups in total. The third-order valence-corrected chi connectivity index (χ3v) is 6.37. The van der Waals surface area contributed by atoms with Crippen molar-refractivity contribution in [2.75, 3.05) is 39.4 Å². The Morgan fingerprint density at radius 1 is 1.48 bits per heavy atom. The Morgan fingerprint density at radius 2 is 2.24 bits per heavy atom. The smallest absolute Gasteiger partial charge is 0.362 e. The molecule has 2 unspecified atom stereocenters. The van der Waals surface area contributed by atoms with Gasteiger partial charge in [-0.25, -0.2) is 4.31 Å². The standard InChI is InChI=1S/C16H22N4O7S2/c21-15(18-12-11-20(16(12)22)29(23,24)25)10-17-27-13(14-2-1-9-28-14)3-4-19-5-7-26-8-6-19/h1-2,9-10,12-13H,3-8,11H2,(H,18,21)(H,23,24,25)/b17-10+. The lowest BCUT2D eigenvalue weighted by Gasteiger charge is -2.34. The highest BCUT2D eigenvalue weighted by Crippen LogP contribution is 2.26. The van der Waals surface area contributed by atoms with E-state index in [-0.39, 0.29) is 17.0 Å². The molecule has 2 aliphatic heterocycles. The molecule has 2 atom stereocenters. The Labute approximate surface area is 172 Å². The number of nitrogens with zero attached hydrogens (tertiary/aromatic N) is 3. The third kappa shape index (κ3) is 5.96. The summed E-state index contributed by atoms with van der Waals surface area (Å²) >= 11 is 1.53. The molecule has 11 nitrogen and oxygen atoms in total. The van der Waals surface area contributed by atoms with E-state index in [0.717, 1.165) is 30.7 Å². The van der Waals surface area contributed by atoms with Crippen LogP contribution in [0.25, 0.3) is 0 Å². The maximum atomic E-state index is 11.9. The molecule has 29 heavy (non-hydrogen) atoms. The highest BCUT2D eigenvalue weighted by molar-refractivity contribution is 7.84. The molecular formula is C16H22N4O7S2. The Morgan fingerprint density at radius 3 is 2.86 bits per heavy atom. The summed E-state index contributed by atoms with van der Waals surface area (Å²) in [5.41, 5.74) is 0. The van der Waals surface area contributed by atoms with Crippen LogP contribution in [0.4, 0.5) is 0 Å². The summed E-state index contributed by atoms with van der Waals surface area (Å²) in [7, 11) is -4.59. The number of amides is 2. The van der Waals surface area contributed by atoms with Crippen molar-refractivity contribution in [3.05, 3.63) is 22.4 Å². The Kier molecular flexibility index (Phi) is 7.18. The number of hydrogen-bond acceptors (Lipinski definition) is 9. The van der Waals surface area contributed by atoms with Crippen molar-refractivity contribution in [3.8, 4) is 0 Å². The molecule has 0 aliphatic carbocycles. The highest BCUT2D eigenvalue weighted by atomic mass is 32.2. The van der Waals surface area contributed by atoms with Crippen molar-refractivity contribution in [1.29, 1.82) is 0 Å². The average molecular weight is 447 g/mol. The van der Waals surface area contributed by atoms with Gasteiger partial charge in [0.15, 0.2) is 6.10 Å². The number of hydrogen-bond donors (Lipinski definition) is 2. The molecule has 0 spiro atoms. The van der Waals surface area contributed by atoms with E-state index in [0.29, 0.717) is 19.6 Å². The lowest BCUT2D eigenvalue weighted by molar-refractivity contribution is -0.139. The predicted octanol–water partition coefficient (Wildman–Crippen LogP) is -0.356. The number of morpholine rings is 1. The zero-order chi connectivity index (χ0) is 20.9. The summed E-state index contributed by atoms with van der Waals surface area (Å²) in [4.78, 5) is 32.2. The summed E-state index contributed by atoms with van der Waals surface area (Å²) < 4.78 is 36.2. The molecule has 2 amide bonds. The summed E-state index contributed by atoms with van der Waals surface area (Å²) in [6, 6.07) is 2.82. The van der Waals surface area contributed by atoms with Gasteiger partial charge in [-0.15, -0.1) is 11.3 Å². The molecule has 0 radical (unpaired) electrons. The number of rotatable bonds is 9. The minimum atomic E-state index is -4.59. The summed E-state index contributed by atoms with van der Waals surface area (Å²) in [5, 5.41) is 7.97. The van der Waals surface area contributed by atoms with Gasteiger partial charge in [0.1, 0.15) is 12.3 Å². The zero-order valence-corrected chi connectivity index (χ0v) is 17.1. The van der Waals surface area contributed by atoms with Crippen molar-refractivity contribution in [1.82, 2.24) is 14.5 Å². The maximum absolute atomic E-state index is 11.9. The predicted molar refractivity (Wildman–Crippen MR) is 104 cm³/mol. The van der Waals surface area contributed by atoms with E-state index >= 15 is 0 Å². The van der Waals surface area contributed by atoms with Gasteiger partial charge in [0.25, 0.3) is 11.8 Å². The minimum absolute atomic E-state index is 0.268. The Bertz CT molecular complexity index is 837. The normalized spacial score (nSPS) is 21.8. The van der Waals surface area contributed by atoms with Crippen molar-refractivity contribution >= 4 is 39.7 Å². The van der Waals surface area contributed by atoms with Gasteiger partial charge in [-0.2, -0.15) is 8.42 Å². The van der Waals surface area contributed by atoms with E-state index in [1.54, 1.807) is 0 Å². The first-order chi connectivity index (χ1) is 13.8. The van der Waals surface area contributed by atoms with Crippen LogP contribution >= 0.6 is 11.3 Å². The third-order valence-electron chi connectivity index (χ3n) is 4.52. The Hall–Kier alpha value is -2.06. The van der Waals surface area contributed by atoms with Crippen LogP contribution in [-0.2, 0) is 29.5 Å². The highest BCUT2D eigenvalue weighted by Gasteiger charge is 2.44. The lowest BCUT2D eigenvalue weighted by atomic mass is 10.1. The lowest BCUT2D eigenvalue weighted by Crippen LogP contribution is -2.65. The molecule has 3 heterocycles. The van der Waals surface area contributed by atoms with Crippen LogP contribution in [0.5, 0.6) is 0 Å². The molecule has 2 fully saturated rings. The number of carbonyl (C=O) groups excluding carboxylic acids is 2. The van der Waals surface area contributed by atoms with Crippen molar-refractivity contribution in [3.63, 3.8) is 0 Å². The second-order valence-corrected chi connectivity index (χ2v) is 8.81. The Balaban J connectivity index is 1.47. The molecule has 0 aromatic carbocycles. The van der Waals surface area contributed by atoms with E-state index in [1.807, 2.05) is 17.5 Å². The molecule has 2 aliphatic rings. The topological polar surface area (TPSA) is 138 Å². The van der Waals surface area contributed by atoms with Crippen LogP contribution in [-0.4, -0.2) is 85.6 Å². The second-order valence-electron chi connectivity index (χ2n) is 6.49. The van der Waals surface area contributed by atoms with Crippen LogP contribution in [0.3, 0.4) is 0 Å². The van der Waals surface area contributed by atoms with E-state index in [9.17, 15) is 18.0 Å². The zero-order valence-electron chi connectivity index (χ0n) is 15.5. The molecule has 13 heteroatoms. The van der Waals surface area contributed by atoms with Crippen LogP contribution in [0.1, 0.15) is 17.4 Å². The van der Waals surface area contributed by atoms with Gasteiger partial charge in [0.05, 0.1) is 19.8 Å². The fraction of sp³-hybridized carbons (Fsp3) is 0.562.